The quantitative estimate of drug-likeness (QED) is 0.193. The standard InChI is InChI=1S/C45H31NO2/c1-45(2)37-24-40-34(22-31(37)32-23-36-30-13-7-9-15-42(30)48-44(36)25-38(32)45)33-20-26(16-18-39(33)46(40)28-10-4-3-5-11-28)27-17-19-43-35(21-27)29-12-6-8-14-41(29)47-43/h3-7,9-13,15-25H,8,14H2,1-2H3. The number of aromatic nitrogens is 1. The zero-order valence-electron chi connectivity index (χ0n) is 26.8. The Hall–Kier alpha value is -5.80. The molecule has 6 aromatic carbocycles. The summed E-state index contributed by atoms with van der Waals surface area (Å²) in [5.74, 6) is 1.10. The molecule has 0 spiro atoms. The van der Waals surface area contributed by atoms with Crippen LogP contribution in [0.2, 0.25) is 0 Å². The van der Waals surface area contributed by atoms with Gasteiger partial charge >= 0.3 is 0 Å². The molecule has 3 heterocycles. The summed E-state index contributed by atoms with van der Waals surface area (Å²) < 4.78 is 15.0. The van der Waals surface area contributed by atoms with Gasteiger partial charge < -0.3 is 13.4 Å². The van der Waals surface area contributed by atoms with Crippen molar-refractivity contribution in [1.82, 2.24) is 4.57 Å². The van der Waals surface area contributed by atoms with E-state index in [1.807, 2.05) is 6.07 Å². The maximum atomic E-state index is 6.36. The smallest absolute Gasteiger partial charge is 0.135 e. The van der Waals surface area contributed by atoms with Crippen LogP contribution in [0, 0.1) is 0 Å². The van der Waals surface area contributed by atoms with Crippen LogP contribution in [0.3, 0.4) is 0 Å². The predicted molar refractivity (Wildman–Crippen MR) is 198 cm³/mol. The molecule has 0 atom stereocenters. The fourth-order valence-corrected chi connectivity index (χ4v) is 8.63. The predicted octanol–water partition coefficient (Wildman–Crippen LogP) is 12.4. The van der Waals surface area contributed by atoms with Crippen molar-refractivity contribution >= 4 is 60.8 Å². The molecule has 0 radical (unpaired) electrons. The van der Waals surface area contributed by atoms with Crippen LogP contribution in [0.5, 0.6) is 0 Å². The average molecular weight is 618 g/mol. The summed E-state index contributed by atoms with van der Waals surface area (Å²) in [6, 6.07) is 42.3. The third kappa shape index (κ3) is 3.43. The maximum Gasteiger partial charge on any atom is 0.135 e. The van der Waals surface area contributed by atoms with E-state index in [-0.39, 0.29) is 5.41 Å². The molecule has 0 bridgehead atoms. The van der Waals surface area contributed by atoms with E-state index in [1.165, 1.54) is 82.6 Å². The first-order valence-electron chi connectivity index (χ1n) is 16.9. The molecule has 11 rings (SSSR count). The van der Waals surface area contributed by atoms with Gasteiger partial charge in [0, 0.05) is 50.0 Å². The van der Waals surface area contributed by atoms with E-state index < -0.39 is 0 Å². The van der Waals surface area contributed by atoms with Crippen LogP contribution in [0.1, 0.15) is 42.7 Å². The van der Waals surface area contributed by atoms with Gasteiger partial charge in [-0.1, -0.05) is 74.5 Å². The molecule has 48 heavy (non-hydrogen) atoms. The number of allylic oxidation sites excluding steroid dienone is 1. The second-order valence-electron chi connectivity index (χ2n) is 14.0. The third-order valence-electron chi connectivity index (χ3n) is 11.0. The molecule has 9 aromatic rings. The Labute approximate surface area is 277 Å². The van der Waals surface area contributed by atoms with Gasteiger partial charge in [-0.25, -0.2) is 0 Å². The summed E-state index contributed by atoms with van der Waals surface area (Å²) in [6.45, 7) is 4.71. The van der Waals surface area contributed by atoms with Crippen molar-refractivity contribution in [3.63, 3.8) is 0 Å². The first kappa shape index (κ1) is 26.3. The van der Waals surface area contributed by atoms with Gasteiger partial charge in [-0.2, -0.15) is 0 Å². The highest BCUT2D eigenvalue weighted by atomic mass is 16.3. The van der Waals surface area contributed by atoms with Gasteiger partial charge in [0.05, 0.1) is 11.0 Å². The summed E-state index contributed by atoms with van der Waals surface area (Å²) in [7, 11) is 0. The molecule has 2 aliphatic carbocycles. The molecule has 0 saturated heterocycles. The maximum absolute atomic E-state index is 6.36. The number of hydrogen-bond donors (Lipinski definition) is 0. The van der Waals surface area contributed by atoms with Gasteiger partial charge in [-0.15, -0.1) is 0 Å². The highest BCUT2D eigenvalue weighted by Gasteiger charge is 2.37. The molecule has 0 fully saturated rings. The number of furan rings is 2. The van der Waals surface area contributed by atoms with E-state index in [1.54, 1.807) is 0 Å². The number of nitrogens with zero attached hydrogens (tertiary/aromatic N) is 1. The minimum Gasteiger partial charge on any atom is -0.460 e. The minimum absolute atomic E-state index is 0.178. The van der Waals surface area contributed by atoms with Crippen LogP contribution >= 0.6 is 0 Å². The van der Waals surface area contributed by atoms with Crippen LogP contribution in [-0.4, -0.2) is 4.57 Å². The Morgan fingerprint density at radius 2 is 1.27 bits per heavy atom. The number of aryl methyl sites for hydroxylation is 1. The van der Waals surface area contributed by atoms with Crippen LogP contribution < -0.4 is 0 Å². The van der Waals surface area contributed by atoms with Crippen LogP contribution in [-0.2, 0) is 11.8 Å². The Balaban J connectivity index is 1.18. The first-order chi connectivity index (χ1) is 23.5. The number of para-hydroxylation sites is 2. The number of hydrogen-bond acceptors (Lipinski definition) is 2. The SMILES string of the molecule is CC1(C)c2cc3oc4ccccc4c3cc2-c2cc3c4cc(-c5ccc6oc7c(c6c5)C=CCC7)ccc4n(-c4ccccc4)c3cc21. The van der Waals surface area contributed by atoms with Gasteiger partial charge in [0.25, 0.3) is 0 Å². The third-order valence-corrected chi connectivity index (χ3v) is 11.0. The highest BCUT2D eigenvalue weighted by molar-refractivity contribution is 6.14. The molecule has 0 N–H and O–H groups in total. The number of fused-ring (bicyclic) bond motifs is 12. The highest BCUT2D eigenvalue weighted by Crippen LogP contribution is 2.53. The van der Waals surface area contributed by atoms with Crippen LogP contribution in [0.25, 0.3) is 88.7 Å². The Morgan fingerprint density at radius 3 is 2.15 bits per heavy atom. The van der Waals surface area contributed by atoms with Gasteiger partial charge in [-0.05, 0) is 107 Å². The lowest BCUT2D eigenvalue weighted by atomic mass is 9.82. The number of rotatable bonds is 2. The summed E-state index contributed by atoms with van der Waals surface area (Å²) in [5.41, 5.74) is 15.2. The van der Waals surface area contributed by atoms with E-state index in [4.69, 9.17) is 8.83 Å². The molecule has 3 nitrogen and oxygen atoms in total. The lowest BCUT2D eigenvalue weighted by molar-refractivity contribution is 0.546. The van der Waals surface area contributed by atoms with Crippen molar-refractivity contribution in [2.24, 2.45) is 0 Å². The van der Waals surface area contributed by atoms with Gasteiger partial charge in [0.1, 0.15) is 22.5 Å². The topological polar surface area (TPSA) is 31.2 Å². The minimum atomic E-state index is -0.178. The molecule has 3 heteroatoms. The monoisotopic (exact) mass is 617 g/mol. The van der Waals surface area contributed by atoms with Crippen LogP contribution in [0.15, 0.2) is 130 Å². The van der Waals surface area contributed by atoms with Crippen molar-refractivity contribution < 1.29 is 8.83 Å². The summed E-state index contributed by atoms with van der Waals surface area (Å²) in [5, 5.41) is 6.05. The fraction of sp³-hybridized carbons (Fsp3) is 0.111. The second kappa shape index (κ2) is 9.17. The van der Waals surface area contributed by atoms with Crippen molar-refractivity contribution in [3.8, 4) is 27.9 Å². The molecule has 0 aliphatic heterocycles. The van der Waals surface area contributed by atoms with E-state index >= 15 is 0 Å². The van der Waals surface area contributed by atoms with Gasteiger partial charge in [0.2, 0.25) is 0 Å². The fourth-order valence-electron chi connectivity index (χ4n) is 8.63. The second-order valence-corrected chi connectivity index (χ2v) is 14.0. The lowest BCUT2D eigenvalue weighted by Gasteiger charge is -2.21. The van der Waals surface area contributed by atoms with E-state index in [2.05, 4.69) is 140 Å². The van der Waals surface area contributed by atoms with Gasteiger partial charge in [0.15, 0.2) is 0 Å². The molecular weight excluding hydrogens is 587 g/mol. The van der Waals surface area contributed by atoms with Crippen molar-refractivity contribution in [3.05, 3.63) is 144 Å². The van der Waals surface area contributed by atoms with E-state index in [0.29, 0.717) is 0 Å². The lowest BCUT2D eigenvalue weighted by Crippen LogP contribution is -2.15. The average Bonchev–Trinajstić information content (AvgIpc) is 3.83. The summed E-state index contributed by atoms with van der Waals surface area (Å²) in [6.07, 6.45) is 6.49. The normalized spacial score (nSPS) is 14.8. The molecule has 0 amide bonds. The van der Waals surface area contributed by atoms with Crippen LogP contribution in [0.4, 0.5) is 0 Å². The van der Waals surface area contributed by atoms with Gasteiger partial charge in [-0.3, -0.25) is 0 Å². The van der Waals surface area contributed by atoms with Crippen molar-refractivity contribution in [2.75, 3.05) is 0 Å². The van der Waals surface area contributed by atoms with Crippen molar-refractivity contribution in [2.45, 2.75) is 32.1 Å². The molecule has 3 aromatic heterocycles. The Morgan fingerprint density at radius 1 is 0.562 bits per heavy atom. The first-order valence-corrected chi connectivity index (χ1v) is 16.9. The largest absolute Gasteiger partial charge is 0.460 e. The zero-order valence-corrected chi connectivity index (χ0v) is 26.8. The molecule has 228 valence electrons. The van der Waals surface area contributed by atoms with Crippen molar-refractivity contribution in [1.29, 1.82) is 0 Å². The van der Waals surface area contributed by atoms with E-state index in [9.17, 15) is 0 Å². The Bertz CT molecular complexity index is 2860. The van der Waals surface area contributed by atoms with E-state index in [0.717, 1.165) is 35.4 Å². The molecule has 0 unspecified atom stereocenters. The summed E-state index contributed by atoms with van der Waals surface area (Å²) in [4.78, 5) is 0. The summed E-state index contributed by atoms with van der Waals surface area (Å²) >= 11 is 0. The zero-order chi connectivity index (χ0) is 31.7. The number of benzene rings is 6. The molecule has 0 saturated carbocycles. The molecule has 2 aliphatic rings. The Kier molecular flexibility index (Phi) is 5.02. The molecular formula is C45H31NO2.